The summed E-state index contributed by atoms with van der Waals surface area (Å²) in [6.45, 7) is 4.53. The number of methoxy groups -OCH3 is 1. The van der Waals surface area contributed by atoms with Crippen LogP contribution in [-0.4, -0.2) is 46.9 Å². The Morgan fingerprint density at radius 1 is 1.36 bits per heavy atom. The molecule has 0 spiro atoms. The minimum atomic E-state index is -0.0539. The topological polar surface area (TPSA) is 68.4 Å². The summed E-state index contributed by atoms with van der Waals surface area (Å²) in [4.78, 5) is 13.4. The van der Waals surface area contributed by atoms with Crippen LogP contribution in [0.4, 0.5) is 0 Å². The summed E-state index contributed by atoms with van der Waals surface area (Å²) >= 11 is 0. The van der Waals surface area contributed by atoms with Crippen LogP contribution in [0.3, 0.4) is 0 Å². The first-order valence-electron chi connectivity index (χ1n) is 8.31. The number of hydrogen-bond acceptors (Lipinski definition) is 5. The summed E-state index contributed by atoms with van der Waals surface area (Å²) < 4.78 is 13.2. The van der Waals surface area contributed by atoms with Crippen LogP contribution < -0.4 is 14.8 Å². The molecule has 1 N–H and O–H groups in total. The van der Waals surface area contributed by atoms with Crippen molar-refractivity contribution < 1.29 is 14.3 Å². The third-order valence-corrected chi connectivity index (χ3v) is 4.17. The normalized spacial score (nSPS) is 18.7. The molecule has 0 radical (unpaired) electrons. The maximum absolute atomic E-state index is 11.0. The predicted molar refractivity (Wildman–Crippen MR) is 93.4 cm³/mol. The van der Waals surface area contributed by atoms with E-state index in [1.54, 1.807) is 7.11 Å². The van der Waals surface area contributed by atoms with Gasteiger partial charge in [0.25, 0.3) is 0 Å². The monoisotopic (exact) mass is 344 g/mol. The molecule has 0 bridgehead atoms. The standard InChI is InChI=1S/C18H24N4O3/c1-13(23)19-7-14-4-5-17(18(6-14)24-3)25-12-16-11-22(16)10-15-8-20-21(2)9-15/h4-6,8-9,16H,7,10-12H2,1-3H3,(H,19,23). The zero-order valence-corrected chi connectivity index (χ0v) is 14.9. The molecule has 1 saturated heterocycles. The van der Waals surface area contributed by atoms with Crippen molar-refractivity contribution in [3.05, 3.63) is 41.7 Å². The molecular weight excluding hydrogens is 320 g/mol. The number of carbonyl (C=O) groups excluding carboxylic acids is 1. The Kier molecular flexibility index (Phi) is 5.23. The molecule has 3 rings (SSSR count). The summed E-state index contributed by atoms with van der Waals surface area (Å²) in [6.07, 6.45) is 3.93. The van der Waals surface area contributed by atoms with E-state index < -0.39 is 0 Å². The Morgan fingerprint density at radius 2 is 2.20 bits per heavy atom. The largest absolute Gasteiger partial charge is 0.493 e. The van der Waals surface area contributed by atoms with Gasteiger partial charge in [-0.1, -0.05) is 6.07 Å². The third kappa shape index (κ3) is 4.73. The number of aryl methyl sites for hydroxylation is 1. The van der Waals surface area contributed by atoms with Crippen LogP contribution in [0.2, 0.25) is 0 Å². The molecule has 2 unspecified atom stereocenters. The van der Waals surface area contributed by atoms with Crippen molar-refractivity contribution in [2.75, 3.05) is 20.3 Å². The second kappa shape index (κ2) is 7.57. The summed E-state index contributed by atoms with van der Waals surface area (Å²) in [5.41, 5.74) is 2.19. The highest BCUT2D eigenvalue weighted by molar-refractivity contribution is 5.72. The van der Waals surface area contributed by atoms with Crippen molar-refractivity contribution in [3.8, 4) is 11.5 Å². The highest BCUT2D eigenvalue weighted by Crippen LogP contribution is 2.30. The average Bonchev–Trinajstić information content (AvgIpc) is 3.20. The minimum Gasteiger partial charge on any atom is -0.493 e. The first-order chi connectivity index (χ1) is 12.0. The number of nitrogens with one attached hydrogen (secondary N) is 1. The van der Waals surface area contributed by atoms with E-state index in [0.717, 1.165) is 24.4 Å². The van der Waals surface area contributed by atoms with Gasteiger partial charge < -0.3 is 14.8 Å². The van der Waals surface area contributed by atoms with Crippen LogP contribution in [0.15, 0.2) is 30.6 Å². The lowest BCUT2D eigenvalue weighted by molar-refractivity contribution is -0.119. The van der Waals surface area contributed by atoms with E-state index in [1.807, 2.05) is 42.3 Å². The molecule has 1 aromatic carbocycles. The number of hydrogen-bond donors (Lipinski definition) is 1. The van der Waals surface area contributed by atoms with E-state index in [-0.39, 0.29) is 5.91 Å². The Morgan fingerprint density at radius 3 is 2.88 bits per heavy atom. The molecule has 2 atom stereocenters. The highest BCUT2D eigenvalue weighted by atomic mass is 16.5. The maximum Gasteiger partial charge on any atom is 0.217 e. The molecule has 1 amide bonds. The van der Waals surface area contributed by atoms with Gasteiger partial charge in [-0.3, -0.25) is 14.4 Å². The van der Waals surface area contributed by atoms with Gasteiger partial charge in [-0.25, -0.2) is 0 Å². The van der Waals surface area contributed by atoms with Crippen LogP contribution in [0, 0.1) is 0 Å². The zero-order chi connectivity index (χ0) is 17.8. The quantitative estimate of drug-likeness (QED) is 0.732. The molecule has 0 saturated carbocycles. The van der Waals surface area contributed by atoms with Crippen LogP contribution >= 0.6 is 0 Å². The van der Waals surface area contributed by atoms with Crippen LogP contribution in [0.5, 0.6) is 11.5 Å². The minimum absolute atomic E-state index is 0.0539. The van der Waals surface area contributed by atoms with Crippen molar-refractivity contribution in [1.29, 1.82) is 0 Å². The van der Waals surface area contributed by atoms with Gasteiger partial charge in [0.05, 0.1) is 19.3 Å². The van der Waals surface area contributed by atoms with Gasteiger partial charge in [0.15, 0.2) is 11.5 Å². The lowest BCUT2D eigenvalue weighted by atomic mass is 10.2. The molecule has 1 aliphatic rings. The maximum atomic E-state index is 11.0. The lowest BCUT2D eigenvalue weighted by Crippen LogP contribution is -2.18. The molecule has 7 heteroatoms. The van der Waals surface area contributed by atoms with Crippen molar-refractivity contribution in [3.63, 3.8) is 0 Å². The van der Waals surface area contributed by atoms with E-state index in [1.165, 1.54) is 12.5 Å². The van der Waals surface area contributed by atoms with E-state index in [0.29, 0.717) is 24.9 Å². The van der Waals surface area contributed by atoms with Gasteiger partial charge in [0.1, 0.15) is 6.61 Å². The number of aromatic nitrogens is 2. The Labute approximate surface area is 147 Å². The van der Waals surface area contributed by atoms with E-state index in [4.69, 9.17) is 9.47 Å². The van der Waals surface area contributed by atoms with Gasteiger partial charge >= 0.3 is 0 Å². The van der Waals surface area contributed by atoms with E-state index >= 15 is 0 Å². The smallest absolute Gasteiger partial charge is 0.217 e. The summed E-state index contributed by atoms with van der Waals surface area (Å²) in [5.74, 6) is 1.35. The number of carbonyl (C=O) groups is 1. The number of ether oxygens (including phenoxy) is 2. The van der Waals surface area contributed by atoms with Gasteiger partial charge in [0, 0.05) is 45.4 Å². The van der Waals surface area contributed by atoms with Gasteiger partial charge in [0.2, 0.25) is 5.91 Å². The molecular formula is C18H24N4O3. The van der Waals surface area contributed by atoms with Gasteiger partial charge in [-0.2, -0.15) is 5.10 Å². The average molecular weight is 344 g/mol. The summed E-state index contributed by atoms with van der Waals surface area (Å²) in [5, 5.41) is 6.96. The Hall–Kier alpha value is -2.54. The second-order valence-corrected chi connectivity index (χ2v) is 6.31. The van der Waals surface area contributed by atoms with Gasteiger partial charge in [-0.15, -0.1) is 0 Å². The first kappa shape index (κ1) is 17.3. The van der Waals surface area contributed by atoms with Crippen molar-refractivity contribution in [2.24, 2.45) is 7.05 Å². The highest BCUT2D eigenvalue weighted by Gasteiger charge is 2.34. The van der Waals surface area contributed by atoms with Crippen LogP contribution in [-0.2, 0) is 24.9 Å². The van der Waals surface area contributed by atoms with Crippen molar-refractivity contribution >= 4 is 5.91 Å². The number of amides is 1. The van der Waals surface area contributed by atoms with Crippen LogP contribution in [0.1, 0.15) is 18.1 Å². The van der Waals surface area contributed by atoms with E-state index in [9.17, 15) is 4.79 Å². The van der Waals surface area contributed by atoms with Crippen molar-refractivity contribution in [1.82, 2.24) is 20.0 Å². The third-order valence-electron chi connectivity index (χ3n) is 4.17. The predicted octanol–water partition coefficient (Wildman–Crippen LogP) is 1.33. The SMILES string of the molecule is COc1cc(CNC(C)=O)ccc1OCC1CN1Cc1cnn(C)c1. The number of benzene rings is 1. The molecule has 2 heterocycles. The molecule has 134 valence electrons. The summed E-state index contributed by atoms with van der Waals surface area (Å²) in [6, 6.07) is 6.15. The van der Waals surface area contributed by atoms with Crippen molar-refractivity contribution in [2.45, 2.75) is 26.1 Å². The van der Waals surface area contributed by atoms with E-state index in [2.05, 4.69) is 15.3 Å². The first-order valence-corrected chi connectivity index (χ1v) is 8.31. The molecule has 1 aliphatic heterocycles. The Balaban J connectivity index is 1.50. The molecule has 2 aromatic rings. The summed E-state index contributed by atoms with van der Waals surface area (Å²) in [7, 11) is 3.55. The molecule has 1 fully saturated rings. The fraction of sp³-hybridized carbons (Fsp3) is 0.444. The molecule has 0 aliphatic carbocycles. The molecule has 1 aromatic heterocycles. The lowest BCUT2D eigenvalue weighted by Gasteiger charge is -2.12. The molecule has 25 heavy (non-hydrogen) atoms. The fourth-order valence-electron chi connectivity index (χ4n) is 2.72. The fourth-order valence-corrected chi connectivity index (χ4v) is 2.72. The van der Waals surface area contributed by atoms with Crippen LogP contribution in [0.25, 0.3) is 0 Å². The second-order valence-electron chi connectivity index (χ2n) is 6.31. The molecule has 7 nitrogen and oxygen atoms in total. The number of rotatable bonds is 8. The zero-order valence-electron chi connectivity index (χ0n) is 14.9. The number of nitrogens with zero attached hydrogens (tertiary/aromatic N) is 3. The Bertz CT molecular complexity index is 744. The van der Waals surface area contributed by atoms with Gasteiger partial charge in [-0.05, 0) is 17.7 Å².